The Kier molecular flexibility index (Phi) is 9.09. The number of hydrogen-bond acceptors (Lipinski definition) is 5. The van der Waals surface area contributed by atoms with Crippen LogP contribution < -0.4 is 0 Å². The van der Waals surface area contributed by atoms with Crippen molar-refractivity contribution in [1.29, 1.82) is 0 Å². The van der Waals surface area contributed by atoms with Crippen LogP contribution in [0.4, 0.5) is 4.39 Å². The quantitative estimate of drug-likeness (QED) is 0.291. The Bertz CT molecular complexity index is 549. The monoisotopic (exact) mass is 398 g/mol. The van der Waals surface area contributed by atoms with E-state index in [0.29, 0.717) is 32.1 Å². The average molecular weight is 399 g/mol. The summed E-state index contributed by atoms with van der Waals surface area (Å²) in [5.74, 6) is -1.13. The number of carbonyl (C=O) groups excluding carboxylic acids is 2. The minimum Gasteiger partial charge on any atom is -0.469 e. The van der Waals surface area contributed by atoms with Crippen LogP contribution in [-0.2, 0) is 23.8 Å². The van der Waals surface area contributed by atoms with Crippen molar-refractivity contribution >= 4 is 11.8 Å². The lowest BCUT2D eigenvalue weighted by molar-refractivity contribution is -0.306. The van der Waals surface area contributed by atoms with E-state index in [4.69, 9.17) is 9.47 Å². The van der Waals surface area contributed by atoms with Crippen LogP contribution in [-0.4, -0.2) is 44.0 Å². The molecule has 160 valence electrons. The van der Waals surface area contributed by atoms with Crippen molar-refractivity contribution in [2.45, 2.75) is 89.2 Å². The zero-order valence-corrected chi connectivity index (χ0v) is 17.5. The number of halogens is 1. The van der Waals surface area contributed by atoms with Crippen LogP contribution in [0.15, 0.2) is 12.2 Å². The maximum Gasteiger partial charge on any atom is 0.305 e. The van der Waals surface area contributed by atoms with Gasteiger partial charge in [-0.2, -0.15) is 0 Å². The molecule has 2 aliphatic rings. The minimum absolute atomic E-state index is 0.0644. The number of fused-ring (bicyclic) bond motifs is 1. The Hall–Kier alpha value is -1.27. The summed E-state index contributed by atoms with van der Waals surface area (Å²) in [6, 6.07) is 0. The van der Waals surface area contributed by atoms with E-state index >= 15 is 0 Å². The zero-order valence-electron chi connectivity index (χ0n) is 17.5. The average Bonchev–Trinajstić information content (AvgIpc) is 3.02. The molecule has 0 radical (unpaired) electrons. The zero-order chi connectivity index (χ0) is 20.6. The van der Waals surface area contributed by atoms with Crippen molar-refractivity contribution in [2.24, 2.45) is 11.8 Å². The molecule has 1 saturated heterocycles. The fraction of sp³-hybridized carbons (Fsp3) is 0.818. The molecule has 1 aliphatic heterocycles. The van der Waals surface area contributed by atoms with Gasteiger partial charge < -0.3 is 14.2 Å². The topological polar surface area (TPSA) is 61.8 Å². The molecule has 0 aromatic heterocycles. The molecular formula is C22H35FO5. The molecule has 0 amide bonds. The molecule has 5 nitrogen and oxygen atoms in total. The predicted octanol–water partition coefficient (Wildman–Crippen LogP) is 4.53. The molecule has 0 spiro atoms. The molecule has 2 unspecified atom stereocenters. The van der Waals surface area contributed by atoms with Crippen molar-refractivity contribution in [2.75, 3.05) is 14.2 Å². The first-order chi connectivity index (χ1) is 13.5. The highest BCUT2D eigenvalue weighted by molar-refractivity contribution is 5.84. The summed E-state index contributed by atoms with van der Waals surface area (Å²) in [6.07, 6.45) is 8.97. The third kappa shape index (κ3) is 5.63. The highest BCUT2D eigenvalue weighted by Crippen LogP contribution is 2.47. The number of ether oxygens (including phenoxy) is 3. The van der Waals surface area contributed by atoms with Gasteiger partial charge in [0.2, 0.25) is 0 Å². The van der Waals surface area contributed by atoms with Crippen molar-refractivity contribution in [3.63, 3.8) is 0 Å². The predicted molar refractivity (Wildman–Crippen MR) is 104 cm³/mol. The number of ketones is 1. The van der Waals surface area contributed by atoms with E-state index in [9.17, 15) is 14.0 Å². The van der Waals surface area contributed by atoms with Crippen LogP contribution >= 0.6 is 0 Å². The van der Waals surface area contributed by atoms with E-state index in [2.05, 4.69) is 4.74 Å². The van der Waals surface area contributed by atoms with Gasteiger partial charge in [-0.1, -0.05) is 31.9 Å². The Morgan fingerprint density at radius 1 is 1.36 bits per heavy atom. The standard InChI is InChI=1S/C22H35FO5/c1-4-5-11-20(23)22(27-3)14-13-17-16(18(24)15-19(17)28-22)10-8-6-7-9-12-21(25)26-2/h6,8,16-17,19-20H,4-5,7,9-15H2,1-3H3/b8-6-/t16-,17-,19-,20?,22?/m1/s1. The number of alkyl halides is 1. The summed E-state index contributed by atoms with van der Waals surface area (Å²) in [5.41, 5.74) is 0. The van der Waals surface area contributed by atoms with Crippen LogP contribution in [0.25, 0.3) is 0 Å². The normalized spacial score (nSPS) is 31.1. The number of esters is 1. The molecule has 0 bridgehead atoms. The van der Waals surface area contributed by atoms with Gasteiger partial charge in [0.05, 0.1) is 13.2 Å². The van der Waals surface area contributed by atoms with E-state index < -0.39 is 12.0 Å². The van der Waals surface area contributed by atoms with Crippen LogP contribution in [0.3, 0.4) is 0 Å². The third-order valence-electron chi connectivity index (χ3n) is 6.16. The molecule has 1 aliphatic carbocycles. The van der Waals surface area contributed by atoms with E-state index in [1.807, 2.05) is 19.1 Å². The van der Waals surface area contributed by atoms with Crippen LogP contribution in [0.1, 0.15) is 71.1 Å². The number of allylic oxidation sites excluding steroid dienone is 2. The summed E-state index contributed by atoms with van der Waals surface area (Å²) >= 11 is 0. The van der Waals surface area contributed by atoms with Crippen molar-refractivity contribution < 1.29 is 28.2 Å². The maximum atomic E-state index is 14.8. The van der Waals surface area contributed by atoms with Gasteiger partial charge in [-0.25, -0.2) is 4.39 Å². The molecule has 1 heterocycles. The second-order valence-electron chi connectivity index (χ2n) is 7.94. The lowest BCUT2D eigenvalue weighted by Gasteiger charge is -2.44. The Morgan fingerprint density at radius 2 is 2.14 bits per heavy atom. The highest BCUT2D eigenvalue weighted by Gasteiger charge is 2.53. The Balaban J connectivity index is 1.87. The lowest BCUT2D eigenvalue weighted by Crippen LogP contribution is -2.51. The summed E-state index contributed by atoms with van der Waals surface area (Å²) in [4.78, 5) is 23.6. The lowest BCUT2D eigenvalue weighted by atomic mass is 9.82. The minimum atomic E-state index is -1.20. The number of Topliss-reactive ketones (excluding diaryl/α,β-unsaturated/α-hetero) is 1. The molecule has 0 aromatic carbocycles. The van der Waals surface area contributed by atoms with Gasteiger partial charge in [0, 0.05) is 32.3 Å². The summed E-state index contributed by atoms with van der Waals surface area (Å²) in [5, 5.41) is 0. The van der Waals surface area contributed by atoms with E-state index in [0.717, 1.165) is 32.1 Å². The molecule has 6 heteroatoms. The number of unbranched alkanes of at least 4 members (excludes halogenated alkanes) is 2. The van der Waals surface area contributed by atoms with Gasteiger partial charge in [0.15, 0.2) is 12.0 Å². The highest BCUT2D eigenvalue weighted by atomic mass is 19.1. The maximum absolute atomic E-state index is 14.8. The van der Waals surface area contributed by atoms with Gasteiger partial charge in [0.25, 0.3) is 0 Å². The molecular weight excluding hydrogens is 363 g/mol. The molecule has 5 atom stereocenters. The van der Waals surface area contributed by atoms with Gasteiger partial charge in [-0.15, -0.1) is 0 Å². The Labute approximate surface area is 168 Å². The van der Waals surface area contributed by atoms with Gasteiger partial charge >= 0.3 is 5.97 Å². The number of carbonyl (C=O) groups is 2. The molecule has 28 heavy (non-hydrogen) atoms. The smallest absolute Gasteiger partial charge is 0.305 e. The number of hydrogen-bond donors (Lipinski definition) is 0. The molecule has 0 aromatic rings. The third-order valence-corrected chi connectivity index (χ3v) is 6.16. The van der Waals surface area contributed by atoms with E-state index in [-0.39, 0.29) is 29.7 Å². The fourth-order valence-electron chi connectivity index (χ4n) is 4.44. The molecule has 2 rings (SSSR count). The van der Waals surface area contributed by atoms with E-state index in [1.165, 1.54) is 14.2 Å². The van der Waals surface area contributed by atoms with Crippen LogP contribution in [0.2, 0.25) is 0 Å². The largest absolute Gasteiger partial charge is 0.469 e. The molecule has 1 saturated carbocycles. The van der Waals surface area contributed by atoms with Crippen molar-refractivity contribution in [1.82, 2.24) is 0 Å². The summed E-state index contributed by atoms with van der Waals surface area (Å²) < 4.78 is 31.0. The molecule has 0 N–H and O–H groups in total. The SMILES string of the molecule is CCCCC(F)C1(OC)CC[C@H]2[C@@H](CC(=O)[C@@H]2C/C=C\CCCC(=O)OC)O1. The number of methoxy groups -OCH3 is 2. The van der Waals surface area contributed by atoms with Gasteiger partial charge in [0.1, 0.15) is 5.78 Å². The first-order valence-corrected chi connectivity index (χ1v) is 10.6. The van der Waals surface area contributed by atoms with Gasteiger partial charge in [-0.05, 0) is 38.0 Å². The number of rotatable bonds is 11. The van der Waals surface area contributed by atoms with Crippen molar-refractivity contribution in [3.05, 3.63) is 12.2 Å². The van der Waals surface area contributed by atoms with E-state index in [1.54, 1.807) is 0 Å². The Morgan fingerprint density at radius 3 is 2.82 bits per heavy atom. The molecule has 2 fully saturated rings. The second kappa shape index (κ2) is 11.1. The fourth-order valence-corrected chi connectivity index (χ4v) is 4.44. The van der Waals surface area contributed by atoms with Gasteiger partial charge in [-0.3, -0.25) is 9.59 Å². The second-order valence-corrected chi connectivity index (χ2v) is 7.94. The first-order valence-electron chi connectivity index (χ1n) is 10.6. The van der Waals surface area contributed by atoms with Crippen LogP contribution in [0.5, 0.6) is 0 Å². The first kappa shape index (κ1) is 23.0. The summed E-state index contributed by atoms with van der Waals surface area (Å²) in [6.45, 7) is 2.03. The van der Waals surface area contributed by atoms with Crippen molar-refractivity contribution in [3.8, 4) is 0 Å². The van der Waals surface area contributed by atoms with Crippen LogP contribution in [0, 0.1) is 11.8 Å². The summed E-state index contributed by atoms with van der Waals surface area (Å²) in [7, 11) is 2.89.